The number of nitrogens with zero attached hydrogens (tertiary/aromatic N) is 1. The SMILES string of the molecule is C=C(/C=C(\N=C(\C)C(C)CC)C1CCC1)C(C)CC. The molecule has 1 fully saturated rings. The average molecular weight is 261 g/mol. The van der Waals surface area contributed by atoms with Crippen LogP contribution in [0.3, 0.4) is 0 Å². The van der Waals surface area contributed by atoms with Gasteiger partial charge in [-0.15, -0.1) is 0 Å². The summed E-state index contributed by atoms with van der Waals surface area (Å²) in [5.41, 5.74) is 3.80. The third kappa shape index (κ3) is 4.63. The summed E-state index contributed by atoms with van der Waals surface area (Å²) in [4.78, 5) is 4.94. The maximum absolute atomic E-state index is 4.94. The molecule has 0 saturated heterocycles. The van der Waals surface area contributed by atoms with Crippen LogP contribution in [0.4, 0.5) is 0 Å². The zero-order valence-corrected chi connectivity index (χ0v) is 13.5. The van der Waals surface area contributed by atoms with E-state index in [4.69, 9.17) is 4.99 Å². The van der Waals surface area contributed by atoms with E-state index in [0.717, 1.165) is 6.42 Å². The molecule has 1 aliphatic rings. The van der Waals surface area contributed by atoms with Gasteiger partial charge in [-0.3, -0.25) is 4.99 Å². The Bertz CT molecular complexity index is 358. The van der Waals surface area contributed by atoms with Gasteiger partial charge < -0.3 is 0 Å². The highest BCUT2D eigenvalue weighted by atomic mass is 14.8. The van der Waals surface area contributed by atoms with Crippen LogP contribution >= 0.6 is 0 Å². The van der Waals surface area contributed by atoms with Gasteiger partial charge in [-0.1, -0.05) is 46.3 Å². The molecule has 1 heteroatoms. The molecule has 1 aliphatic carbocycles. The van der Waals surface area contributed by atoms with Crippen LogP contribution in [0.2, 0.25) is 0 Å². The quantitative estimate of drug-likeness (QED) is 0.407. The lowest BCUT2D eigenvalue weighted by atomic mass is 9.81. The van der Waals surface area contributed by atoms with E-state index < -0.39 is 0 Å². The highest BCUT2D eigenvalue weighted by Gasteiger charge is 2.22. The molecule has 0 aliphatic heterocycles. The molecule has 1 saturated carbocycles. The van der Waals surface area contributed by atoms with Crippen LogP contribution in [-0.4, -0.2) is 5.71 Å². The van der Waals surface area contributed by atoms with Crippen molar-refractivity contribution in [3.05, 3.63) is 23.9 Å². The second-order valence-electron chi connectivity index (χ2n) is 6.14. The number of rotatable bonds is 7. The minimum Gasteiger partial charge on any atom is -0.262 e. The predicted molar refractivity (Wildman–Crippen MR) is 86.6 cm³/mol. The van der Waals surface area contributed by atoms with Crippen molar-refractivity contribution in [2.75, 3.05) is 0 Å². The fourth-order valence-electron chi connectivity index (χ4n) is 2.15. The fourth-order valence-corrected chi connectivity index (χ4v) is 2.15. The molecule has 0 heterocycles. The van der Waals surface area contributed by atoms with Crippen molar-refractivity contribution in [2.24, 2.45) is 22.7 Å². The summed E-state index contributed by atoms with van der Waals surface area (Å²) in [7, 11) is 0. The average Bonchev–Trinajstić information content (AvgIpc) is 2.34. The van der Waals surface area contributed by atoms with E-state index in [0.29, 0.717) is 17.8 Å². The smallest absolute Gasteiger partial charge is 0.0436 e. The van der Waals surface area contributed by atoms with Gasteiger partial charge in [0.25, 0.3) is 0 Å². The first-order valence-electron chi connectivity index (χ1n) is 7.95. The number of hydrogen-bond acceptors (Lipinski definition) is 1. The van der Waals surface area contributed by atoms with Gasteiger partial charge in [-0.2, -0.15) is 0 Å². The molecule has 19 heavy (non-hydrogen) atoms. The molecule has 1 nitrogen and oxygen atoms in total. The van der Waals surface area contributed by atoms with Crippen LogP contribution in [0.15, 0.2) is 28.9 Å². The van der Waals surface area contributed by atoms with Crippen LogP contribution in [0.25, 0.3) is 0 Å². The van der Waals surface area contributed by atoms with Crippen molar-refractivity contribution in [2.45, 2.75) is 66.7 Å². The van der Waals surface area contributed by atoms with Crippen molar-refractivity contribution in [3.63, 3.8) is 0 Å². The molecule has 0 spiro atoms. The molecule has 0 N–H and O–H groups in total. The van der Waals surface area contributed by atoms with E-state index in [9.17, 15) is 0 Å². The zero-order chi connectivity index (χ0) is 14.4. The largest absolute Gasteiger partial charge is 0.262 e. The van der Waals surface area contributed by atoms with Gasteiger partial charge in [0.15, 0.2) is 0 Å². The summed E-state index contributed by atoms with van der Waals surface area (Å²) in [6.07, 6.45) is 8.55. The number of hydrogen-bond donors (Lipinski definition) is 0. The van der Waals surface area contributed by atoms with Gasteiger partial charge in [-0.25, -0.2) is 0 Å². The lowest BCUT2D eigenvalue weighted by Gasteiger charge is -2.27. The second kappa shape index (κ2) is 7.67. The topological polar surface area (TPSA) is 12.4 Å². The third-order valence-electron chi connectivity index (χ3n) is 4.73. The molecule has 108 valence electrons. The van der Waals surface area contributed by atoms with Crippen LogP contribution in [0.5, 0.6) is 0 Å². The van der Waals surface area contributed by atoms with Crippen LogP contribution in [0, 0.1) is 17.8 Å². The van der Waals surface area contributed by atoms with Crippen molar-refractivity contribution in [3.8, 4) is 0 Å². The van der Waals surface area contributed by atoms with E-state index in [-0.39, 0.29) is 0 Å². The summed E-state index contributed by atoms with van der Waals surface area (Å²) in [6, 6.07) is 0. The summed E-state index contributed by atoms with van der Waals surface area (Å²) in [6.45, 7) is 15.4. The molecule has 0 bridgehead atoms. The van der Waals surface area contributed by atoms with E-state index in [1.165, 1.54) is 42.7 Å². The van der Waals surface area contributed by atoms with E-state index >= 15 is 0 Å². The monoisotopic (exact) mass is 261 g/mol. The standard InChI is InChI=1S/C18H31N/c1-7-13(3)15(5)12-18(17-10-9-11-17)19-16(6)14(4)8-2/h12-14,17H,5,7-11H2,1-4,6H3/b18-12-,19-16-. The molecule has 2 unspecified atom stereocenters. The Balaban J connectivity index is 2.89. The van der Waals surface area contributed by atoms with Gasteiger partial charge >= 0.3 is 0 Å². The lowest BCUT2D eigenvalue weighted by Crippen LogP contribution is -2.16. The molecule has 2 atom stereocenters. The zero-order valence-electron chi connectivity index (χ0n) is 13.5. The number of allylic oxidation sites excluding steroid dienone is 3. The molecular weight excluding hydrogens is 230 g/mol. The molecule has 0 aromatic rings. The van der Waals surface area contributed by atoms with E-state index in [1.54, 1.807) is 0 Å². The van der Waals surface area contributed by atoms with Crippen molar-refractivity contribution >= 4 is 5.71 Å². The molecule has 1 rings (SSSR count). The van der Waals surface area contributed by atoms with E-state index in [1.807, 2.05) is 0 Å². The first-order valence-corrected chi connectivity index (χ1v) is 7.95. The Kier molecular flexibility index (Phi) is 6.54. The Hall–Kier alpha value is -0.850. The summed E-state index contributed by atoms with van der Waals surface area (Å²) in [5.74, 6) is 1.83. The first kappa shape index (κ1) is 16.2. The van der Waals surface area contributed by atoms with Crippen molar-refractivity contribution in [1.82, 2.24) is 0 Å². The van der Waals surface area contributed by atoms with Crippen molar-refractivity contribution in [1.29, 1.82) is 0 Å². The van der Waals surface area contributed by atoms with Gasteiger partial charge in [0.1, 0.15) is 0 Å². The van der Waals surface area contributed by atoms with Gasteiger partial charge in [-0.05, 0) is 50.5 Å². The Morgan fingerprint density at radius 1 is 1.21 bits per heavy atom. The Labute approximate surface area is 119 Å². The Morgan fingerprint density at radius 2 is 1.79 bits per heavy atom. The number of aliphatic imine (C=N–C) groups is 1. The summed E-state index contributed by atoms with van der Waals surface area (Å²) >= 11 is 0. The Morgan fingerprint density at radius 3 is 2.21 bits per heavy atom. The predicted octanol–water partition coefficient (Wildman–Crippen LogP) is 5.78. The highest BCUT2D eigenvalue weighted by molar-refractivity contribution is 5.85. The summed E-state index contributed by atoms with van der Waals surface area (Å²) in [5, 5.41) is 0. The van der Waals surface area contributed by atoms with Gasteiger partial charge in [0, 0.05) is 17.3 Å². The maximum atomic E-state index is 4.94. The second-order valence-corrected chi connectivity index (χ2v) is 6.14. The molecule has 0 aromatic carbocycles. The highest BCUT2D eigenvalue weighted by Crippen LogP contribution is 2.35. The van der Waals surface area contributed by atoms with E-state index in [2.05, 4.69) is 47.3 Å². The fraction of sp³-hybridized carbons (Fsp3) is 0.722. The molecule has 0 radical (unpaired) electrons. The maximum Gasteiger partial charge on any atom is 0.0436 e. The van der Waals surface area contributed by atoms with Gasteiger partial charge in [0.05, 0.1) is 0 Å². The minimum atomic E-state index is 0.564. The molecule has 0 amide bonds. The first-order chi connectivity index (χ1) is 8.99. The third-order valence-corrected chi connectivity index (χ3v) is 4.73. The molecular formula is C18H31N. The summed E-state index contributed by atoms with van der Waals surface area (Å²) < 4.78 is 0. The van der Waals surface area contributed by atoms with Crippen molar-refractivity contribution < 1.29 is 0 Å². The van der Waals surface area contributed by atoms with Gasteiger partial charge in [0.2, 0.25) is 0 Å². The van der Waals surface area contributed by atoms with Crippen LogP contribution in [0.1, 0.15) is 66.7 Å². The van der Waals surface area contributed by atoms with Crippen LogP contribution in [-0.2, 0) is 0 Å². The van der Waals surface area contributed by atoms with Crippen LogP contribution < -0.4 is 0 Å². The normalized spacial score (nSPS) is 20.9. The molecule has 0 aromatic heterocycles. The lowest BCUT2D eigenvalue weighted by molar-refractivity contribution is 0.364. The minimum absolute atomic E-state index is 0.564.